The zero-order chi connectivity index (χ0) is 39.4. The van der Waals surface area contributed by atoms with Crippen molar-refractivity contribution in [2.45, 2.75) is 122 Å². The molecule has 18 nitrogen and oxygen atoms in total. The lowest BCUT2D eigenvalue weighted by Gasteiger charge is -2.32. The van der Waals surface area contributed by atoms with Crippen molar-refractivity contribution in [1.29, 1.82) is 0 Å². The number of hydrogen-bond acceptors (Lipinski definition) is 15. The molecule has 3 saturated heterocycles. The number of anilines is 1. The van der Waals surface area contributed by atoms with Gasteiger partial charge in [0.05, 0.1) is 24.1 Å². The maximum absolute atomic E-state index is 13.2. The van der Waals surface area contributed by atoms with Crippen LogP contribution in [-0.4, -0.2) is 100 Å². The average molecular weight is 773 g/mol. The maximum Gasteiger partial charge on any atom is 0.495 e. The molecule has 0 aliphatic carbocycles. The first-order chi connectivity index (χ1) is 25.0. The Balaban J connectivity index is 1.08. The van der Waals surface area contributed by atoms with Crippen LogP contribution >= 0.6 is 0 Å². The molecule has 2 amide bonds. The number of hydrogen-bond donors (Lipinski definition) is 2. The molecule has 3 fully saturated rings. The fraction of sp³-hybridized carbons (Fsp3) is 0.588. The van der Waals surface area contributed by atoms with Crippen molar-refractivity contribution in [2.24, 2.45) is 0 Å². The molecule has 2 N–H and O–H groups in total. The third-order valence-electron chi connectivity index (χ3n) is 9.35. The highest BCUT2D eigenvalue weighted by molar-refractivity contribution is 7.85. The predicted octanol–water partition coefficient (Wildman–Crippen LogP) is 2.93. The van der Waals surface area contributed by atoms with Crippen LogP contribution in [-0.2, 0) is 47.5 Å². The molecule has 4 atom stereocenters. The summed E-state index contributed by atoms with van der Waals surface area (Å²) in [6.07, 6.45) is -2.25. The molecule has 5 heterocycles. The van der Waals surface area contributed by atoms with Crippen LogP contribution in [0.5, 0.6) is 0 Å². The summed E-state index contributed by atoms with van der Waals surface area (Å²) in [5.41, 5.74) is -0.666. The molecule has 292 valence electrons. The van der Waals surface area contributed by atoms with Gasteiger partial charge in [0.1, 0.15) is 30.2 Å². The van der Waals surface area contributed by atoms with Gasteiger partial charge in [-0.3, -0.25) is 23.7 Å². The largest absolute Gasteiger partial charge is 0.495 e. The second-order valence-corrected chi connectivity index (χ2v) is 17.0. The van der Waals surface area contributed by atoms with Crippen LogP contribution < -0.4 is 15.5 Å². The molecule has 20 heteroatoms. The predicted molar refractivity (Wildman–Crippen MR) is 192 cm³/mol. The quantitative estimate of drug-likeness (QED) is 0.212. The molecule has 0 saturated carbocycles. The van der Waals surface area contributed by atoms with E-state index in [0.29, 0.717) is 11.0 Å². The number of nitrogens with one attached hydrogen (secondary N) is 2. The van der Waals surface area contributed by atoms with E-state index in [0.717, 1.165) is 0 Å². The first-order valence-electron chi connectivity index (χ1n) is 17.4. The number of benzene rings is 1. The van der Waals surface area contributed by atoms with Crippen LogP contribution in [0.15, 0.2) is 36.9 Å². The molecular formula is C34H45BN6O12S. The number of rotatable bonds is 11. The van der Waals surface area contributed by atoms with Gasteiger partial charge in [-0.1, -0.05) is 24.3 Å². The van der Waals surface area contributed by atoms with Crippen LogP contribution in [0.1, 0.15) is 91.7 Å². The van der Waals surface area contributed by atoms with E-state index in [1.165, 1.54) is 12.7 Å². The number of aromatic nitrogens is 4. The van der Waals surface area contributed by atoms with Crippen molar-refractivity contribution in [3.63, 3.8) is 0 Å². The van der Waals surface area contributed by atoms with Gasteiger partial charge in [-0.15, -0.1) is 0 Å². The fourth-order valence-electron chi connectivity index (χ4n) is 6.21. The lowest BCUT2D eigenvalue weighted by molar-refractivity contribution is -0.198. The molecule has 1 aromatic carbocycles. The van der Waals surface area contributed by atoms with Crippen LogP contribution in [0.3, 0.4) is 0 Å². The number of imidazole rings is 1. The number of ether oxygens (including phenoxy) is 4. The SMILES string of the molecule is CC(C)(C)OC(=O)Nc1ncnc2c1ncn2[C@@H]1O[C@H](COS(=O)(=O)NC(=O)CCC(=O)c2ccccc2B2OC(C)(C)C(C)(C)O2)[C@H]2OC(C)(C)O[C@H]21. The Morgan fingerprint density at radius 1 is 0.944 bits per heavy atom. The van der Waals surface area contributed by atoms with E-state index in [-0.39, 0.29) is 23.4 Å². The third kappa shape index (κ3) is 8.44. The van der Waals surface area contributed by atoms with E-state index < -0.39 is 95.4 Å². The van der Waals surface area contributed by atoms with Gasteiger partial charge in [0.25, 0.3) is 0 Å². The highest BCUT2D eigenvalue weighted by Crippen LogP contribution is 2.44. The molecule has 3 aromatic rings. The highest BCUT2D eigenvalue weighted by Gasteiger charge is 2.57. The van der Waals surface area contributed by atoms with Crippen LogP contribution in [0.25, 0.3) is 11.2 Å². The highest BCUT2D eigenvalue weighted by atomic mass is 32.2. The number of ketones is 1. The summed E-state index contributed by atoms with van der Waals surface area (Å²) in [6.45, 7) is 15.6. The monoisotopic (exact) mass is 772 g/mol. The Labute approximate surface area is 313 Å². The minimum absolute atomic E-state index is 0.101. The van der Waals surface area contributed by atoms with Crippen molar-refractivity contribution in [1.82, 2.24) is 24.2 Å². The molecule has 0 unspecified atom stereocenters. The van der Waals surface area contributed by atoms with Crippen molar-refractivity contribution >= 4 is 57.7 Å². The van der Waals surface area contributed by atoms with Gasteiger partial charge >= 0.3 is 23.5 Å². The number of Topliss-reactive ketones (excluding diaryl/α,β-unsaturated/α-hetero) is 1. The Morgan fingerprint density at radius 3 is 2.30 bits per heavy atom. The standard InChI is InChI=1S/C34H45BN6O12S/c1-31(2,3)51-30(44)39-27-24-28(37-17-36-27)41(18-38-24)29-26-25(49-34(8,9)50-26)22(48-29)16-47-54(45,46)40-23(43)15-14-21(42)19-12-10-11-13-20(19)35-52-32(4,5)33(6,7)53-35/h10-13,17-18,22,25-26,29H,14-16H2,1-9H3,(H,40,43)(H,36,37,39,44)/t22-,25-,26-,29-/m1/s1. The number of nitrogens with zero attached hydrogens (tertiary/aromatic N) is 4. The summed E-state index contributed by atoms with van der Waals surface area (Å²) in [4.78, 5) is 51.3. The Hall–Kier alpha value is -4.05. The zero-order valence-corrected chi connectivity index (χ0v) is 32.4. The van der Waals surface area contributed by atoms with Gasteiger partial charge < -0.3 is 28.3 Å². The van der Waals surface area contributed by atoms with Crippen LogP contribution in [0, 0.1) is 0 Å². The molecule has 0 bridgehead atoms. The smallest absolute Gasteiger partial charge is 0.444 e. The number of carbonyl (C=O) groups is 3. The van der Waals surface area contributed by atoms with Crippen molar-refractivity contribution in [3.05, 3.63) is 42.5 Å². The number of carbonyl (C=O) groups excluding carboxylic acids is 3. The Morgan fingerprint density at radius 2 is 1.61 bits per heavy atom. The van der Waals surface area contributed by atoms with E-state index in [9.17, 15) is 22.8 Å². The van der Waals surface area contributed by atoms with Gasteiger partial charge in [-0.05, 0) is 67.8 Å². The van der Waals surface area contributed by atoms with Crippen molar-refractivity contribution in [2.75, 3.05) is 11.9 Å². The maximum atomic E-state index is 13.2. The van der Waals surface area contributed by atoms with Crippen molar-refractivity contribution < 1.29 is 55.2 Å². The summed E-state index contributed by atoms with van der Waals surface area (Å²) in [7, 11) is -5.44. The third-order valence-corrected chi connectivity index (χ3v) is 10.3. The lowest BCUT2D eigenvalue weighted by atomic mass is 9.74. The first-order valence-corrected chi connectivity index (χ1v) is 18.8. The van der Waals surface area contributed by atoms with E-state index in [1.54, 1.807) is 63.5 Å². The number of amides is 2. The van der Waals surface area contributed by atoms with Gasteiger partial charge in [0.2, 0.25) is 5.91 Å². The summed E-state index contributed by atoms with van der Waals surface area (Å²) in [5, 5.41) is 2.57. The normalized spacial score (nSPS) is 24.4. The fourth-order valence-corrected chi connectivity index (χ4v) is 6.97. The second-order valence-electron chi connectivity index (χ2n) is 15.7. The summed E-state index contributed by atoms with van der Waals surface area (Å²) >= 11 is 0. The van der Waals surface area contributed by atoms with Crippen LogP contribution in [0.2, 0.25) is 0 Å². The van der Waals surface area contributed by atoms with E-state index in [1.807, 2.05) is 32.4 Å². The lowest BCUT2D eigenvalue weighted by Crippen LogP contribution is -2.41. The molecular weight excluding hydrogens is 727 g/mol. The first kappa shape index (κ1) is 39.6. The Bertz CT molecular complexity index is 2030. The van der Waals surface area contributed by atoms with Gasteiger partial charge in [0, 0.05) is 18.4 Å². The van der Waals surface area contributed by atoms with E-state index in [4.69, 9.17) is 32.4 Å². The number of fused-ring (bicyclic) bond motifs is 2. The molecule has 54 heavy (non-hydrogen) atoms. The van der Waals surface area contributed by atoms with Gasteiger partial charge in [0.15, 0.2) is 34.8 Å². The summed E-state index contributed by atoms with van der Waals surface area (Å²) in [6, 6.07) is 6.77. The van der Waals surface area contributed by atoms with Crippen LogP contribution in [0.4, 0.5) is 10.6 Å². The average Bonchev–Trinajstić information content (AvgIpc) is 3.76. The minimum atomic E-state index is -4.64. The summed E-state index contributed by atoms with van der Waals surface area (Å²) < 4.78 is 70.4. The van der Waals surface area contributed by atoms with Gasteiger partial charge in [-0.2, -0.15) is 8.42 Å². The zero-order valence-electron chi connectivity index (χ0n) is 31.6. The topological polar surface area (TPSA) is 218 Å². The molecule has 3 aliphatic heterocycles. The van der Waals surface area contributed by atoms with Gasteiger partial charge in [-0.25, -0.2) is 24.5 Å². The van der Waals surface area contributed by atoms with E-state index in [2.05, 4.69) is 20.3 Å². The Kier molecular flexibility index (Phi) is 10.4. The molecule has 0 spiro atoms. The minimum Gasteiger partial charge on any atom is -0.444 e. The second kappa shape index (κ2) is 14.2. The van der Waals surface area contributed by atoms with E-state index >= 15 is 0 Å². The van der Waals surface area contributed by atoms with Crippen molar-refractivity contribution in [3.8, 4) is 0 Å². The molecule has 0 radical (unpaired) electrons. The molecule has 2 aromatic heterocycles. The molecule has 6 rings (SSSR count). The summed E-state index contributed by atoms with van der Waals surface area (Å²) in [5.74, 6) is -2.30. The molecule has 3 aliphatic rings.